The highest BCUT2D eigenvalue weighted by Gasteiger charge is 2.60. The topological polar surface area (TPSA) is 117 Å². The Morgan fingerprint density at radius 2 is 1.87 bits per heavy atom. The first-order valence-corrected chi connectivity index (χ1v) is 11.7. The normalized spacial score (nSPS) is 38.1. The monoisotopic (exact) mass is 434 g/mol. The summed E-state index contributed by atoms with van der Waals surface area (Å²) in [5.74, 6) is -0.276. The number of unbranched alkanes of at least 4 members (excludes halogenated alkanes) is 1. The van der Waals surface area contributed by atoms with E-state index in [1.807, 2.05) is 23.9 Å². The number of carbonyl (C=O) groups is 4. The highest BCUT2D eigenvalue weighted by molar-refractivity contribution is 8.00. The van der Waals surface area contributed by atoms with Crippen molar-refractivity contribution in [2.24, 2.45) is 11.8 Å². The number of imide groups is 1. The Kier molecular flexibility index (Phi) is 5.22. The summed E-state index contributed by atoms with van der Waals surface area (Å²) in [6.45, 7) is 0.490. The summed E-state index contributed by atoms with van der Waals surface area (Å²) in [7, 11) is 0. The van der Waals surface area contributed by atoms with E-state index in [9.17, 15) is 19.2 Å². The smallest absolute Gasteiger partial charge is 0.315 e. The molecule has 2 bridgehead atoms. The first-order chi connectivity index (χ1) is 14.5. The number of nitrogens with zero attached hydrogens (tertiary/aromatic N) is 1. The van der Waals surface area contributed by atoms with Crippen LogP contribution in [0.3, 0.4) is 0 Å². The van der Waals surface area contributed by atoms with Crippen LogP contribution in [0.25, 0.3) is 0 Å². The third kappa shape index (κ3) is 3.39. The molecule has 0 unspecified atom stereocenters. The van der Waals surface area contributed by atoms with Gasteiger partial charge in [0, 0.05) is 30.5 Å². The van der Waals surface area contributed by atoms with Crippen molar-refractivity contribution in [2.45, 2.75) is 55.2 Å². The number of fused-ring (bicyclic) bond motifs is 6. The Hall–Kier alpha value is -2.07. The van der Waals surface area contributed by atoms with Gasteiger partial charge in [-0.3, -0.25) is 19.3 Å². The third-order valence-electron chi connectivity index (χ3n) is 6.74. The van der Waals surface area contributed by atoms with Gasteiger partial charge in [-0.05, 0) is 12.8 Å². The molecule has 5 amide bonds. The lowest BCUT2D eigenvalue weighted by molar-refractivity contribution is -0.142. The van der Waals surface area contributed by atoms with Crippen LogP contribution < -0.4 is 16.0 Å². The van der Waals surface area contributed by atoms with Crippen LogP contribution in [0.15, 0.2) is 12.2 Å². The number of amides is 5. The number of carbonyl (C=O) groups excluding carboxylic acids is 4. The summed E-state index contributed by atoms with van der Waals surface area (Å²) in [6.07, 6.45) is 6.26. The van der Waals surface area contributed by atoms with E-state index in [0.717, 1.165) is 25.0 Å². The van der Waals surface area contributed by atoms with Crippen molar-refractivity contribution < 1.29 is 23.9 Å². The van der Waals surface area contributed by atoms with Gasteiger partial charge in [0.25, 0.3) is 0 Å². The van der Waals surface area contributed by atoms with Crippen molar-refractivity contribution >= 4 is 35.5 Å². The largest absolute Gasteiger partial charge is 0.365 e. The van der Waals surface area contributed by atoms with Gasteiger partial charge in [-0.2, -0.15) is 11.8 Å². The van der Waals surface area contributed by atoms with Crippen LogP contribution in [-0.4, -0.2) is 77.0 Å². The van der Waals surface area contributed by atoms with Crippen molar-refractivity contribution in [3.8, 4) is 0 Å². The molecule has 5 rings (SSSR count). The molecule has 10 heteroatoms. The zero-order valence-electron chi connectivity index (χ0n) is 16.5. The Morgan fingerprint density at radius 1 is 1.13 bits per heavy atom. The molecule has 5 heterocycles. The predicted octanol–water partition coefficient (Wildman–Crippen LogP) is -0.233. The van der Waals surface area contributed by atoms with Crippen LogP contribution in [0.4, 0.5) is 4.79 Å². The molecule has 0 aromatic heterocycles. The van der Waals surface area contributed by atoms with Crippen molar-refractivity contribution in [1.29, 1.82) is 0 Å². The minimum Gasteiger partial charge on any atom is -0.365 e. The predicted molar refractivity (Wildman–Crippen MR) is 108 cm³/mol. The fraction of sp³-hybridized carbons (Fsp3) is 0.700. The van der Waals surface area contributed by atoms with E-state index >= 15 is 0 Å². The minimum absolute atomic E-state index is 0.0628. The molecule has 0 spiro atoms. The number of hydrogen-bond donors (Lipinski definition) is 3. The molecule has 9 nitrogen and oxygen atoms in total. The van der Waals surface area contributed by atoms with Crippen LogP contribution >= 0.6 is 11.8 Å². The number of hydrogen-bond acceptors (Lipinski definition) is 6. The highest BCUT2D eigenvalue weighted by atomic mass is 32.2. The second-order valence-corrected chi connectivity index (χ2v) is 9.82. The number of thioether (sulfide) groups is 1. The van der Waals surface area contributed by atoms with Crippen molar-refractivity contribution in [1.82, 2.24) is 20.9 Å². The van der Waals surface area contributed by atoms with E-state index in [1.54, 1.807) is 0 Å². The second kappa shape index (κ2) is 7.88. The lowest BCUT2D eigenvalue weighted by atomic mass is 9.85. The molecular formula is C20H26N4O5S. The van der Waals surface area contributed by atoms with Crippen molar-refractivity contribution in [3.05, 3.63) is 12.2 Å². The van der Waals surface area contributed by atoms with E-state index in [0.29, 0.717) is 11.7 Å². The molecular weight excluding hydrogens is 408 g/mol. The Morgan fingerprint density at radius 3 is 2.60 bits per heavy atom. The molecule has 5 aliphatic heterocycles. The lowest BCUT2D eigenvalue weighted by Gasteiger charge is -2.18. The summed E-state index contributed by atoms with van der Waals surface area (Å²) < 4.78 is 5.62. The van der Waals surface area contributed by atoms with E-state index < -0.39 is 11.8 Å². The molecule has 162 valence electrons. The lowest BCUT2D eigenvalue weighted by Crippen LogP contribution is -2.40. The summed E-state index contributed by atoms with van der Waals surface area (Å²) in [5.41, 5.74) is 0. The van der Waals surface area contributed by atoms with Gasteiger partial charge in [-0.15, -0.1) is 0 Å². The number of rotatable bonds is 8. The molecule has 7 atom stereocenters. The summed E-state index contributed by atoms with van der Waals surface area (Å²) in [5, 5.41) is 9.13. The second-order valence-electron chi connectivity index (χ2n) is 8.55. The maximum absolute atomic E-state index is 12.5. The minimum atomic E-state index is -0.392. The first-order valence-electron chi connectivity index (χ1n) is 10.7. The number of likely N-dealkylation sites (tertiary alicyclic amines) is 1. The highest BCUT2D eigenvalue weighted by Crippen LogP contribution is 2.44. The number of ether oxygens (including phenoxy) is 1. The maximum Gasteiger partial charge on any atom is 0.315 e. The van der Waals surface area contributed by atoms with E-state index in [2.05, 4.69) is 16.0 Å². The molecule has 5 aliphatic rings. The molecule has 4 saturated heterocycles. The van der Waals surface area contributed by atoms with Gasteiger partial charge < -0.3 is 20.7 Å². The van der Waals surface area contributed by atoms with Gasteiger partial charge in [0.2, 0.25) is 17.7 Å². The molecule has 0 aromatic carbocycles. The van der Waals surface area contributed by atoms with E-state index in [-0.39, 0.29) is 61.1 Å². The standard InChI is InChI=1S/C20H26N4O5S/c25-14(4-2-1-3-13-17-10(9-30-13)22-20(28)23-17)21-7-8-24-18(26)15-11-5-6-12(29-11)16(15)19(24)27/h5-6,10-13,15-17H,1-4,7-9H2,(H,21,25)(H2,22,23,28)/t10-,11-,12+,13-,15-,16+,17-/m0/s1. The Labute approximate surface area is 178 Å². The average Bonchev–Trinajstić information content (AvgIpc) is 3.50. The van der Waals surface area contributed by atoms with Gasteiger partial charge in [0.15, 0.2) is 0 Å². The van der Waals surface area contributed by atoms with Crippen molar-refractivity contribution in [3.63, 3.8) is 0 Å². The summed E-state index contributed by atoms with van der Waals surface area (Å²) in [6, 6.07) is 0.343. The van der Waals surface area contributed by atoms with Crippen LogP contribution in [0.5, 0.6) is 0 Å². The van der Waals surface area contributed by atoms with Crippen LogP contribution in [0.2, 0.25) is 0 Å². The Balaban J connectivity index is 0.987. The fourth-order valence-corrected chi connectivity index (χ4v) is 6.80. The first kappa shape index (κ1) is 19.9. The third-order valence-corrected chi connectivity index (χ3v) is 8.25. The van der Waals surface area contributed by atoms with E-state index in [1.165, 1.54) is 4.90 Å². The maximum atomic E-state index is 12.5. The average molecular weight is 435 g/mol. The molecule has 0 aromatic rings. The van der Waals surface area contributed by atoms with Gasteiger partial charge in [0.05, 0.1) is 36.1 Å². The molecule has 4 fully saturated rings. The van der Waals surface area contributed by atoms with Crippen molar-refractivity contribution in [2.75, 3.05) is 18.8 Å². The Bertz CT molecular complexity index is 774. The summed E-state index contributed by atoms with van der Waals surface area (Å²) >= 11 is 1.87. The molecule has 0 radical (unpaired) electrons. The molecule has 3 N–H and O–H groups in total. The summed E-state index contributed by atoms with van der Waals surface area (Å²) in [4.78, 5) is 49.9. The van der Waals surface area contributed by atoms with Crippen LogP contribution in [-0.2, 0) is 19.1 Å². The molecule has 0 aliphatic carbocycles. The van der Waals surface area contributed by atoms with Crippen LogP contribution in [0.1, 0.15) is 25.7 Å². The van der Waals surface area contributed by atoms with Gasteiger partial charge >= 0.3 is 6.03 Å². The SMILES string of the molecule is O=C(CCCC[C@@H]1SC[C@@H]2NC(=O)N[C@@H]21)NCCN1C(=O)[C@@H]2[C@H](C1=O)[C@H]1C=C[C@@H]2O1. The number of urea groups is 1. The molecule has 30 heavy (non-hydrogen) atoms. The van der Waals surface area contributed by atoms with E-state index in [4.69, 9.17) is 4.74 Å². The van der Waals surface area contributed by atoms with Crippen LogP contribution in [0, 0.1) is 11.8 Å². The molecule has 0 saturated carbocycles. The van der Waals surface area contributed by atoms with Gasteiger partial charge in [-0.25, -0.2) is 4.79 Å². The number of nitrogens with one attached hydrogen (secondary N) is 3. The van der Waals surface area contributed by atoms with Gasteiger partial charge in [-0.1, -0.05) is 18.6 Å². The zero-order chi connectivity index (χ0) is 20.8. The quantitative estimate of drug-likeness (QED) is 0.210. The van der Waals surface area contributed by atoms with Gasteiger partial charge in [0.1, 0.15) is 0 Å². The zero-order valence-corrected chi connectivity index (χ0v) is 17.4. The fourth-order valence-electron chi connectivity index (χ4n) is 5.26.